The molecule has 0 aromatic rings. The maximum Gasteiger partial charge on any atom is 0.220 e. The van der Waals surface area contributed by atoms with E-state index in [1.165, 1.54) is 0 Å². The van der Waals surface area contributed by atoms with Gasteiger partial charge in [-0.2, -0.15) is 0 Å². The van der Waals surface area contributed by atoms with Gasteiger partial charge in [-0.3, -0.25) is 16.1 Å². The molecule has 0 atom stereocenters. The van der Waals surface area contributed by atoms with E-state index in [1.54, 1.807) is 0 Å². The number of hydrogen-bond donors (Lipinski definition) is 3. The maximum absolute atomic E-state index is 10.8. The second-order valence-electron chi connectivity index (χ2n) is 3.53. The smallest absolute Gasteiger partial charge is 0.220 e. The summed E-state index contributed by atoms with van der Waals surface area (Å²) in [5.41, 5.74) is 7.87. The van der Waals surface area contributed by atoms with Crippen LogP contribution in [0.1, 0.15) is 25.7 Å². The minimum atomic E-state index is -0.144. The Kier molecular flexibility index (Phi) is 3.49. The van der Waals surface area contributed by atoms with Crippen molar-refractivity contribution in [2.45, 2.75) is 25.7 Å². The molecule has 0 radical (unpaired) electrons. The first-order chi connectivity index (χ1) is 5.74. The van der Waals surface area contributed by atoms with Crippen molar-refractivity contribution in [3.05, 3.63) is 0 Å². The summed E-state index contributed by atoms with van der Waals surface area (Å²) in [6.45, 7) is 0.853. The van der Waals surface area contributed by atoms with E-state index in [2.05, 4.69) is 5.43 Å². The summed E-state index contributed by atoms with van der Waals surface area (Å²) in [5, 5.41) is 0. The quantitative estimate of drug-likeness (QED) is 0.404. The molecule has 12 heavy (non-hydrogen) atoms. The van der Waals surface area contributed by atoms with Gasteiger partial charge in [0.25, 0.3) is 0 Å². The Morgan fingerprint density at radius 1 is 1.33 bits per heavy atom. The number of rotatable bonds is 3. The Hall–Kier alpha value is -0.610. The summed E-state index contributed by atoms with van der Waals surface area (Å²) in [4.78, 5) is 10.8. The van der Waals surface area contributed by atoms with Gasteiger partial charge in [-0.1, -0.05) is 0 Å². The van der Waals surface area contributed by atoms with E-state index in [-0.39, 0.29) is 11.8 Å². The Bertz CT molecular complexity index is 152. The number of nitrogens with one attached hydrogen (secondary N) is 1. The average Bonchev–Trinajstić information content (AvgIpc) is 2.06. The largest absolute Gasteiger partial charge is 0.369 e. The van der Waals surface area contributed by atoms with E-state index in [0.717, 1.165) is 32.2 Å². The van der Waals surface area contributed by atoms with Gasteiger partial charge in [0.05, 0.1) is 0 Å². The highest BCUT2D eigenvalue weighted by Crippen LogP contribution is 2.27. The van der Waals surface area contributed by atoms with Gasteiger partial charge >= 0.3 is 0 Å². The summed E-state index contributed by atoms with van der Waals surface area (Å²) >= 11 is 0. The molecule has 5 N–H and O–H groups in total. The Labute approximate surface area is 72.6 Å². The summed E-state index contributed by atoms with van der Waals surface area (Å²) in [7, 11) is 0. The number of hydrazine groups is 1. The van der Waals surface area contributed by atoms with Crippen LogP contribution in [-0.4, -0.2) is 12.5 Å². The number of carbonyl (C=O) groups is 1. The van der Waals surface area contributed by atoms with Crippen LogP contribution in [0.15, 0.2) is 0 Å². The van der Waals surface area contributed by atoms with Crippen molar-refractivity contribution < 1.29 is 4.79 Å². The molecule has 1 saturated carbocycles. The highest BCUT2D eigenvalue weighted by molar-refractivity contribution is 5.76. The molecule has 4 heteroatoms. The lowest BCUT2D eigenvalue weighted by molar-refractivity contribution is -0.122. The van der Waals surface area contributed by atoms with Crippen LogP contribution in [0.4, 0.5) is 0 Å². The van der Waals surface area contributed by atoms with Gasteiger partial charge in [0.1, 0.15) is 0 Å². The molecular formula is C8H17N3O. The standard InChI is InChI=1S/C8H17N3O/c9-8(12)7-3-1-6(2-4-7)5-11-10/h6-7,11H,1-5,10H2,(H2,9,12). The van der Waals surface area contributed by atoms with Crippen LogP contribution in [0.2, 0.25) is 0 Å². The molecule has 0 heterocycles. The molecule has 0 unspecified atom stereocenters. The molecule has 1 aliphatic rings. The predicted molar refractivity (Wildman–Crippen MR) is 46.8 cm³/mol. The monoisotopic (exact) mass is 171 g/mol. The van der Waals surface area contributed by atoms with Crippen molar-refractivity contribution in [2.24, 2.45) is 23.4 Å². The van der Waals surface area contributed by atoms with Gasteiger partial charge in [0, 0.05) is 12.5 Å². The first-order valence-corrected chi connectivity index (χ1v) is 4.46. The lowest BCUT2D eigenvalue weighted by Gasteiger charge is -2.26. The summed E-state index contributed by atoms with van der Waals surface area (Å²) < 4.78 is 0. The van der Waals surface area contributed by atoms with Crippen molar-refractivity contribution >= 4 is 5.91 Å². The maximum atomic E-state index is 10.8. The van der Waals surface area contributed by atoms with Crippen molar-refractivity contribution in [1.82, 2.24) is 5.43 Å². The highest BCUT2D eigenvalue weighted by atomic mass is 16.1. The van der Waals surface area contributed by atoms with Gasteiger partial charge in [-0.25, -0.2) is 0 Å². The normalized spacial score (nSPS) is 30.1. The number of carbonyl (C=O) groups excluding carboxylic acids is 1. The fraction of sp³-hybridized carbons (Fsp3) is 0.875. The SMILES string of the molecule is NNCC1CCC(C(N)=O)CC1. The zero-order valence-electron chi connectivity index (χ0n) is 7.25. The van der Waals surface area contributed by atoms with E-state index >= 15 is 0 Å². The topological polar surface area (TPSA) is 81.1 Å². The van der Waals surface area contributed by atoms with Crippen LogP contribution in [0, 0.1) is 11.8 Å². The summed E-state index contributed by atoms with van der Waals surface area (Å²) in [5.74, 6) is 5.81. The summed E-state index contributed by atoms with van der Waals surface area (Å²) in [6, 6.07) is 0. The van der Waals surface area contributed by atoms with E-state index in [9.17, 15) is 4.79 Å². The van der Waals surface area contributed by atoms with E-state index < -0.39 is 0 Å². The zero-order chi connectivity index (χ0) is 8.97. The molecular weight excluding hydrogens is 154 g/mol. The molecule has 0 saturated heterocycles. The molecule has 0 bridgehead atoms. The number of hydrogen-bond acceptors (Lipinski definition) is 3. The molecule has 1 fully saturated rings. The third-order valence-electron chi connectivity index (χ3n) is 2.66. The molecule has 0 aliphatic heterocycles. The minimum absolute atomic E-state index is 0.110. The lowest BCUT2D eigenvalue weighted by Crippen LogP contribution is -2.33. The predicted octanol–water partition coefficient (Wildman–Crippen LogP) is -0.259. The summed E-state index contributed by atoms with van der Waals surface area (Å²) in [6.07, 6.45) is 4.00. The third-order valence-corrected chi connectivity index (χ3v) is 2.66. The second kappa shape index (κ2) is 4.42. The van der Waals surface area contributed by atoms with Crippen LogP contribution in [0.3, 0.4) is 0 Å². The van der Waals surface area contributed by atoms with E-state index in [0.29, 0.717) is 5.92 Å². The molecule has 1 amide bonds. The molecule has 70 valence electrons. The highest BCUT2D eigenvalue weighted by Gasteiger charge is 2.23. The van der Waals surface area contributed by atoms with Crippen LogP contribution in [0.5, 0.6) is 0 Å². The molecule has 1 rings (SSSR count). The van der Waals surface area contributed by atoms with Crippen LogP contribution in [-0.2, 0) is 4.79 Å². The Balaban J connectivity index is 2.25. The Morgan fingerprint density at radius 3 is 2.33 bits per heavy atom. The van der Waals surface area contributed by atoms with Gasteiger partial charge in [-0.05, 0) is 31.6 Å². The number of nitrogens with two attached hydrogens (primary N) is 2. The first-order valence-electron chi connectivity index (χ1n) is 4.46. The van der Waals surface area contributed by atoms with Gasteiger partial charge in [0.2, 0.25) is 5.91 Å². The molecule has 1 aliphatic carbocycles. The third kappa shape index (κ3) is 2.46. The Morgan fingerprint density at radius 2 is 1.92 bits per heavy atom. The van der Waals surface area contributed by atoms with Crippen LogP contribution < -0.4 is 17.0 Å². The van der Waals surface area contributed by atoms with Crippen molar-refractivity contribution in [2.75, 3.05) is 6.54 Å². The van der Waals surface area contributed by atoms with Crippen LogP contribution >= 0.6 is 0 Å². The van der Waals surface area contributed by atoms with Crippen molar-refractivity contribution in [1.29, 1.82) is 0 Å². The first kappa shape index (κ1) is 9.48. The van der Waals surface area contributed by atoms with Crippen molar-refractivity contribution in [3.8, 4) is 0 Å². The molecule has 0 aromatic heterocycles. The number of amides is 1. The lowest BCUT2D eigenvalue weighted by atomic mass is 9.82. The molecule has 0 spiro atoms. The molecule has 0 aromatic carbocycles. The molecule has 4 nitrogen and oxygen atoms in total. The zero-order valence-corrected chi connectivity index (χ0v) is 7.25. The fourth-order valence-electron chi connectivity index (χ4n) is 1.82. The second-order valence-corrected chi connectivity index (χ2v) is 3.53. The fourth-order valence-corrected chi connectivity index (χ4v) is 1.82. The van der Waals surface area contributed by atoms with E-state index in [4.69, 9.17) is 11.6 Å². The van der Waals surface area contributed by atoms with Gasteiger partial charge in [0.15, 0.2) is 0 Å². The van der Waals surface area contributed by atoms with Gasteiger partial charge < -0.3 is 5.73 Å². The van der Waals surface area contributed by atoms with Gasteiger partial charge in [-0.15, -0.1) is 0 Å². The minimum Gasteiger partial charge on any atom is -0.369 e. The average molecular weight is 171 g/mol. The van der Waals surface area contributed by atoms with Crippen LogP contribution in [0.25, 0.3) is 0 Å². The van der Waals surface area contributed by atoms with E-state index in [1.807, 2.05) is 0 Å². The number of primary amides is 1. The van der Waals surface area contributed by atoms with Crippen molar-refractivity contribution in [3.63, 3.8) is 0 Å².